The van der Waals surface area contributed by atoms with Crippen molar-refractivity contribution in [1.29, 1.82) is 0 Å². The van der Waals surface area contributed by atoms with Gasteiger partial charge in [-0.05, 0) is 35.7 Å². The highest BCUT2D eigenvalue weighted by Gasteiger charge is 2.23. The maximum Gasteiger partial charge on any atom is 0.338 e. The number of carbonyl (C=O) groups is 1. The van der Waals surface area contributed by atoms with Gasteiger partial charge in [0.1, 0.15) is 6.61 Å². The lowest BCUT2D eigenvalue weighted by Gasteiger charge is -2.19. The van der Waals surface area contributed by atoms with Gasteiger partial charge in [-0.3, -0.25) is 0 Å². The molecule has 0 unspecified atom stereocenters. The molecule has 1 heterocycles. The number of benzene rings is 2. The molecule has 5 nitrogen and oxygen atoms in total. The van der Waals surface area contributed by atoms with Crippen LogP contribution in [0, 0.1) is 5.92 Å². The molecular formula is C20H22O5. The van der Waals surface area contributed by atoms with E-state index >= 15 is 0 Å². The van der Waals surface area contributed by atoms with Crippen molar-refractivity contribution in [3.8, 4) is 28.4 Å². The van der Waals surface area contributed by atoms with Crippen LogP contribution >= 0.6 is 0 Å². The second kappa shape index (κ2) is 7.05. The summed E-state index contributed by atoms with van der Waals surface area (Å²) in [5.74, 6) is 1.92. The summed E-state index contributed by atoms with van der Waals surface area (Å²) in [5, 5.41) is 0. The Bertz CT molecular complexity index is 795. The van der Waals surface area contributed by atoms with Crippen LogP contribution in [0.3, 0.4) is 0 Å². The Morgan fingerprint density at radius 3 is 2.48 bits per heavy atom. The van der Waals surface area contributed by atoms with E-state index in [2.05, 4.69) is 13.8 Å². The molecule has 0 amide bonds. The summed E-state index contributed by atoms with van der Waals surface area (Å²) < 4.78 is 22.1. The fraction of sp³-hybridized carbons (Fsp3) is 0.350. The molecule has 0 atom stereocenters. The van der Waals surface area contributed by atoms with E-state index in [-0.39, 0.29) is 5.97 Å². The maximum atomic E-state index is 11.7. The molecule has 0 aromatic heterocycles. The fourth-order valence-electron chi connectivity index (χ4n) is 2.82. The number of ether oxygens (including phenoxy) is 4. The van der Waals surface area contributed by atoms with Gasteiger partial charge in [-0.2, -0.15) is 0 Å². The van der Waals surface area contributed by atoms with Crippen LogP contribution in [0.25, 0.3) is 11.1 Å². The number of cyclic esters (lactones) is 1. The van der Waals surface area contributed by atoms with Gasteiger partial charge in [0, 0.05) is 11.1 Å². The van der Waals surface area contributed by atoms with E-state index < -0.39 is 0 Å². The normalized spacial score (nSPS) is 12.8. The summed E-state index contributed by atoms with van der Waals surface area (Å²) >= 11 is 0. The van der Waals surface area contributed by atoms with Gasteiger partial charge in [0.05, 0.1) is 26.4 Å². The van der Waals surface area contributed by atoms with Crippen LogP contribution in [0.5, 0.6) is 17.2 Å². The minimum Gasteiger partial charge on any atom is -0.493 e. The van der Waals surface area contributed by atoms with Crippen LogP contribution in [0.15, 0.2) is 30.3 Å². The predicted octanol–water partition coefficient (Wildman–Crippen LogP) is 4.08. The first-order valence-corrected chi connectivity index (χ1v) is 8.23. The smallest absolute Gasteiger partial charge is 0.338 e. The van der Waals surface area contributed by atoms with Gasteiger partial charge in [-0.1, -0.05) is 19.9 Å². The first-order valence-electron chi connectivity index (χ1n) is 8.23. The third-order valence-corrected chi connectivity index (χ3v) is 4.06. The zero-order valence-electron chi connectivity index (χ0n) is 14.9. The number of methoxy groups -OCH3 is 2. The first-order chi connectivity index (χ1) is 12.0. The molecule has 0 spiro atoms. The van der Waals surface area contributed by atoms with E-state index in [9.17, 15) is 4.79 Å². The van der Waals surface area contributed by atoms with Gasteiger partial charge in [0.2, 0.25) is 5.75 Å². The van der Waals surface area contributed by atoms with Crippen molar-refractivity contribution in [3.05, 3.63) is 41.5 Å². The Hall–Kier alpha value is -2.69. The molecule has 0 saturated carbocycles. The maximum absolute atomic E-state index is 11.7. The molecule has 0 bridgehead atoms. The molecule has 2 aromatic rings. The average molecular weight is 342 g/mol. The number of fused-ring (bicyclic) bond motifs is 1. The van der Waals surface area contributed by atoms with Crippen molar-refractivity contribution in [2.24, 2.45) is 5.92 Å². The highest BCUT2D eigenvalue weighted by atomic mass is 16.5. The number of rotatable bonds is 6. The lowest BCUT2D eigenvalue weighted by molar-refractivity contribution is 0.0535. The zero-order chi connectivity index (χ0) is 18.0. The molecule has 2 aromatic carbocycles. The molecule has 1 aliphatic heterocycles. The van der Waals surface area contributed by atoms with Crippen LogP contribution in [0.1, 0.15) is 29.8 Å². The number of hydrogen-bond donors (Lipinski definition) is 0. The van der Waals surface area contributed by atoms with Gasteiger partial charge in [0.15, 0.2) is 11.5 Å². The molecule has 1 aliphatic rings. The second-order valence-electron chi connectivity index (χ2n) is 6.33. The molecule has 0 fully saturated rings. The largest absolute Gasteiger partial charge is 0.493 e. The minimum absolute atomic E-state index is 0.273. The lowest BCUT2D eigenvalue weighted by atomic mass is 9.99. The van der Waals surface area contributed by atoms with E-state index in [0.29, 0.717) is 41.9 Å². The first kappa shape index (κ1) is 17.1. The summed E-state index contributed by atoms with van der Waals surface area (Å²) in [6, 6.07) is 9.45. The van der Waals surface area contributed by atoms with Gasteiger partial charge in [0.25, 0.3) is 0 Å². The Morgan fingerprint density at radius 1 is 1.04 bits per heavy atom. The van der Waals surface area contributed by atoms with E-state index in [4.69, 9.17) is 18.9 Å². The van der Waals surface area contributed by atoms with E-state index in [1.54, 1.807) is 20.3 Å². The summed E-state index contributed by atoms with van der Waals surface area (Å²) in [6.07, 6.45) is 0. The topological polar surface area (TPSA) is 54.0 Å². The molecule has 0 saturated heterocycles. The molecule has 0 aliphatic carbocycles. The summed E-state index contributed by atoms with van der Waals surface area (Å²) in [7, 11) is 3.20. The Labute approximate surface area is 147 Å². The van der Waals surface area contributed by atoms with Gasteiger partial charge in [-0.15, -0.1) is 0 Å². The third kappa shape index (κ3) is 3.27. The highest BCUT2D eigenvalue weighted by Crippen LogP contribution is 2.45. The van der Waals surface area contributed by atoms with Crippen LogP contribution in [-0.2, 0) is 11.3 Å². The quantitative estimate of drug-likeness (QED) is 0.741. The van der Waals surface area contributed by atoms with Crippen LogP contribution in [0.4, 0.5) is 0 Å². The van der Waals surface area contributed by atoms with E-state index in [1.807, 2.05) is 24.3 Å². The summed E-state index contributed by atoms with van der Waals surface area (Å²) in [4.78, 5) is 11.7. The van der Waals surface area contributed by atoms with E-state index in [1.165, 1.54) is 0 Å². The van der Waals surface area contributed by atoms with Crippen molar-refractivity contribution < 1.29 is 23.7 Å². The van der Waals surface area contributed by atoms with Crippen molar-refractivity contribution in [1.82, 2.24) is 0 Å². The molecule has 5 heteroatoms. The Kier molecular flexibility index (Phi) is 4.83. The fourth-order valence-corrected chi connectivity index (χ4v) is 2.82. The van der Waals surface area contributed by atoms with Gasteiger partial charge >= 0.3 is 5.97 Å². The highest BCUT2D eigenvalue weighted by molar-refractivity contribution is 5.94. The van der Waals surface area contributed by atoms with Gasteiger partial charge in [-0.25, -0.2) is 4.79 Å². The number of carbonyl (C=O) groups excluding carboxylic acids is 1. The average Bonchev–Trinajstić information content (AvgIpc) is 2.99. The minimum atomic E-state index is -0.273. The monoisotopic (exact) mass is 342 g/mol. The summed E-state index contributed by atoms with van der Waals surface area (Å²) in [6.45, 7) is 5.04. The SMILES string of the molecule is COc1ccc(-c2ccc3c(c2)COC3=O)c(OCC(C)C)c1OC. The van der Waals surface area contributed by atoms with Crippen LogP contribution < -0.4 is 14.2 Å². The standard InChI is InChI=1S/C20H22O5/c1-12(2)10-24-18-15(7-8-17(22-3)19(18)23-4)13-5-6-16-14(9-13)11-25-20(16)21/h5-9,12H,10-11H2,1-4H3. The van der Waals surface area contributed by atoms with Crippen LogP contribution in [0.2, 0.25) is 0 Å². The molecule has 0 radical (unpaired) electrons. The van der Waals surface area contributed by atoms with Crippen molar-refractivity contribution in [2.75, 3.05) is 20.8 Å². The Morgan fingerprint density at radius 2 is 1.80 bits per heavy atom. The van der Waals surface area contributed by atoms with Crippen LogP contribution in [-0.4, -0.2) is 26.8 Å². The zero-order valence-corrected chi connectivity index (χ0v) is 14.9. The van der Waals surface area contributed by atoms with Crippen molar-refractivity contribution >= 4 is 5.97 Å². The number of hydrogen-bond acceptors (Lipinski definition) is 5. The number of esters is 1. The predicted molar refractivity (Wildman–Crippen MR) is 94.4 cm³/mol. The van der Waals surface area contributed by atoms with E-state index in [0.717, 1.165) is 16.7 Å². The van der Waals surface area contributed by atoms with Crippen molar-refractivity contribution in [3.63, 3.8) is 0 Å². The molecule has 25 heavy (non-hydrogen) atoms. The third-order valence-electron chi connectivity index (χ3n) is 4.06. The Balaban J connectivity index is 2.10. The second-order valence-corrected chi connectivity index (χ2v) is 6.33. The molecule has 3 rings (SSSR count). The van der Waals surface area contributed by atoms with Crippen molar-refractivity contribution in [2.45, 2.75) is 20.5 Å². The lowest BCUT2D eigenvalue weighted by Crippen LogP contribution is -2.07. The van der Waals surface area contributed by atoms with Gasteiger partial charge < -0.3 is 18.9 Å². The molecular weight excluding hydrogens is 320 g/mol. The summed E-state index contributed by atoms with van der Waals surface area (Å²) in [5.41, 5.74) is 3.33. The molecule has 0 N–H and O–H groups in total. The molecule has 132 valence electrons.